The van der Waals surface area contributed by atoms with E-state index in [1.165, 1.54) is 37.3 Å². The lowest BCUT2D eigenvalue weighted by Gasteiger charge is -2.25. The number of likely N-dealkylation sites (tertiary alicyclic amines) is 1. The maximum atomic E-state index is 13.2. The van der Waals surface area contributed by atoms with Crippen LogP contribution in [0, 0.1) is 0 Å². The van der Waals surface area contributed by atoms with Gasteiger partial charge < -0.3 is 29.3 Å². The van der Waals surface area contributed by atoms with Crippen LogP contribution in [0.3, 0.4) is 0 Å². The number of carbonyl (C=O) groups excluding carboxylic acids is 2. The van der Waals surface area contributed by atoms with E-state index in [1.807, 2.05) is 12.1 Å². The highest BCUT2D eigenvalue weighted by molar-refractivity contribution is 6.46. The zero-order valence-electron chi connectivity index (χ0n) is 20.5. The van der Waals surface area contributed by atoms with Gasteiger partial charge in [-0.05, 0) is 60.0 Å². The third-order valence-electron chi connectivity index (χ3n) is 6.26. The van der Waals surface area contributed by atoms with Crippen LogP contribution in [-0.2, 0) is 16.0 Å². The molecule has 0 bridgehead atoms. The number of carbonyl (C=O) groups is 2. The topological polar surface area (TPSA) is 106 Å². The molecule has 1 amide bonds. The van der Waals surface area contributed by atoms with E-state index >= 15 is 0 Å². The zero-order chi connectivity index (χ0) is 26.7. The van der Waals surface area contributed by atoms with Crippen LogP contribution in [0.25, 0.3) is 5.76 Å². The number of Topliss-reactive ketones (excluding diaryl/α,β-unsaturated/α-hetero) is 1. The van der Waals surface area contributed by atoms with Gasteiger partial charge in [-0.1, -0.05) is 29.8 Å². The molecule has 4 rings (SSSR count). The van der Waals surface area contributed by atoms with E-state index in [2.05, 4.69) is 0 Å². The fourth-order valence-electron chi connectivity index (χ4n) is 4.37. The number of aliphatic hydroxyl groups is 1. The number of ether oxygens (including phenoxy) is 3. The Labute approximate surface area is 219 Å². The molecule has 1 saturated heterocycles. The Bertz CT molecular complexity index is 1370. The number of aromatic hydroxyl groups is 1. The number of hydrogen-bond donors (Lipinski definition) is 2. The van der Waals surface area contributed by atoms with Crippen molar-refractivity contribution in [3.63, 3.8) is 0 Å². The van der Waals surface area contributed by atoms with E-state index < -0.39 is 17.7 Å². The van der Waals surface area contributed by atoms with E-state index in [9.17, 15) is 19.8 Å². The van der Waals surface area contributed by atoms with Crippen molar-refractivity contribution in [2.75, 3.05) is 27.9 Å². The second-order valence-corrected chi connectivity index (χ2v) is 8.78. The highest BCUT2D eigenvalue weighted by Crippen LogP contribution is 2.41. The third kappa shape index (κ3) is 5.06. The van der Waals surface area contributed by atoms with Crippen LogP contribution in [0.5, 0.6) is 23.0 Å². The number of phenols is 1. The van der Waals surface area contributed by atoms with E-state index in [1.54, 1.807) is 37.4 Å². The minimum atomic E-state index is -0.873. The second kappa shape index (κ2) is 10.8. The highest BCUT2D eigenvalue weighted by atomic mass is 35.5. The first kappa shape index (κ1) is 25.9. The molecule has 0 radical (unpaired) electrons. The van der Waals surface area contributed by atoms with Gasteiger partial charge in [0, 0.05) is 12.1 Å². The van der Waals surface area contributed by atoms with Gasteiger partial charge in [-0.3, -0.25) is 9.59 Å². The molecular formula is C28H26ClNO7. The molecule has 0 saturated carbocycles. The number of amides is 1. The number of methoxy groups -OCH3 is 3. The molecule has 1 aliphatic rings. The summed E-state index contributed by atoms with van der Waals surface area (Å²) in [6, 6.07) is 15.3. The van der Waals surface area contributed by atoms with E-state index in [4.69, 9.17) is 25.8 Å². The van der Waals surface area contributed by atoms with Gasteiger partial charge in [0.15, 0.2) is 11.5 Å². The average molecular weight is 524 g/mol. The fourth-order valence-corrected chi connectivity index (χ4v) is 4.63. The predicted molar refractivity (Wildman–Crippen MR) is 138 cm³/mol. The van der Waals surface area contributed by atoms with Gasteiger partial charge in [0.25, 0.3) is 11.7 Å². The minimum absolute atomic E-state index is 0.0352. The number of nitrogens with zero attached hydrogens (tertiary/aromatic N) is 1. The molecule has 9 heteroatoms. The van der Waals surface area contributed by atoms with Crippen LogP contribution >= 0.6 is 11.6 Å². The summed E-state index contributed by atoms with van der Waals surface area (Å²) < 4.78 is 15.8. The maximum Gasteiger partial charge on any atom is 0.295 e. The van der Waals surface area contributed by atoms with Crippen molar-refractivity contribution >= 4 is 29.1 Å². The molecule has 0 aliphatic carbocycles. The van der Waals surface area contributed by atoms with Gasteiger partial charge in [0.05, 0.1) is 38.0 Å². The van der Waals surface area contributed by atoms with Gasteiger partial charge in [0.1, 0.15) is 17.3 Å². The zero-order valence-corrected chi connectivity index (χ0v) is 21.3. The largest absolute Gasteiger partial charge is 0.508 e. The van der Waals surface area contributed by atoms with E-state index in [0.29, 0.717) is 29.2 Å². The lowest BCUT2D eigenvalue weighted by atomic mass is 9.95. The molecular weight excluding hydrogens is 498 g/mol. The number of halogens is 1. The van der Waals surface area contributed by atoms with Crippen molar-refractivity contribution in [3.8, 4) is 23.0 Å². The summed E-state index contributed by atoms with van der Waals surface area (Å²) in [5.41, 5.74) is 1.63. The number of aliphatic hydroxyl groups excluding tert-OH is 1. The molecule has 2 N–H and O–H groups in total. The lowest BCUT2D eigenvalue weighted by Crippen LogP contribution is -2.31. The van der Waals surface area contributed by atoms with Crippen LogP contribution < -0.4 is 14.2 Å². The standard InChI is InChI=1S/C28H26ClNO7/c1-35-21-11-7-18(15-20(21)29)26(32)24-25(17-5-8-19(31)9-6-17)30(28(34)27(24)33)13-12-16-4-10-22(36-2)23(14-16)37-3/h4-11,14-15,25,31-32H,12-13H2,1-3H3/b26-24-. The average Bonchev–Trinajstić information content (AvgIpc) is 3.16. The van der Waals surface area contributed by atoms with Crippen LogP contribution in [0.2, 0.25) is 5.02 Å². The molecule has 3 aromatic carbocycles. The van der Waals surface area contributed by atoms with Crippen molar-refractivity contribution < 1.29 is 34.0 Å². The maximum absolute atomic E-state index is 13.2. The van der Waals surface area contributed by atoms with Crippen LogP contribution in [0.4, 0.5) is 0 Å². The Balaban J connectivity index is 1.75. The molecule has 1 heterocycles. The summed E-state index contributed by atoms with van der Waals surface area (Å²) in [4.78, 5) is 27.9. The number of hydrogen-bond acceptors (Lipinski definition) is 7. The molecule has 37 heavy (non-hydrogen) atoms. The third-order valence-corrected chi connectivity index (χ3v) is 6.56. The quantitative estimate of drug-likeness (QED) is 0.250. The van der Waals surface area contributed by atoms with Crippen molar-refractivity contribution in [3.05, 3.63) is 87.9 Å². The fraction of sp³-hybridized carbons (Fsp3) is 0.214. The molecule has 8 nitrogen and oxygen atoms in total. The van der Waals surface area contributed by atoms with E-state index in [0.717, 1.165) is 5.56 Å². The van der Waals surface area contributed by atoms with Crippen molar-refractivity contribution in [1.82, 2.24) is 4.90 Å². The van der Waals surface area contributed by atoms with Crippen LogP contribution in [0.1, 0.15) is 22.7 Å². The first-order chi connectivity index (χ1) is 17.8. The molecule has 192 valence electrons. The van der Waals surface area contributed by atoms with Gasteiger partial charge in [0.2, 0.25) is 0 Å². The SMILES string of the molecule is COc1ccc(/C(O)=C2/C(=O)C(=O)N(CCc3ccc(OC)c(OC)c3)C2c2ccc(O)cc2)cc1Cl. The van der Waals surface area contributed by atoms with Crippen molar-refractivity contribution in [2.24, 2.45) is 0 Å². The van der Waals surface area contributed by atoms with Crippen molar-refractivity contribution in [1.29, 1.82) is 0 Å². The van der Waals surface area contributed by atoms with Crippen LogP contribution in [-0.4, -0.2) is 54.7 Å². The smallest absolute Gasteiger partial charge is 0.295 e. The Morgan fingerprint density at radius 2 is 1.54 bits per heavy atom. The normalized spacial score (nSPS) is 16.6. The summed E-state index contributed by atoms with van der Waals surface area (Å²) >= 11 is 6.24. The first-order valence-corrected chi connectivity index (χ1v) is 11.8. The number of benzene rings is 3. The molecule has 1 aliphatic heterocycles. The molecule has 3 aromatic rings. The monoisotopic (exact) mass is 523 g/mol. The molecule has 1 fully saturated rings. The predicted octanol–water partition coefficient (Wildman–Crippen LogP) is 4.74. The lowest BCUT2D eigenvalue weighted by molar-refractivity contribution is -0.139. The van der Waals surface area contributed by atoms with Gasteiger partial charge in [-0.2, -0.15) is 0 Å². The van der Waals surface area contributed by atoms with E-state index in [-0.39, 0.29) is 34.2 Å². The molecule has 1 unspecified atom stereocenters. The minimum Gasteiger partial charge on any atom is -0.508 e. The Morgan fingerprint density at radius 3 is 2.16 bits per heavy atom. The highest BCUT2D eigenvalue weighted by Gasteiger charge is 2.45. The summed E-state index contributed by atoms with van der Waals surface area (Å²) in [5, 5.41) is 21.2. The first-order valence-electron chi connectivity index (χ1n) is 11.4. The molecule has 1 atom stereocenters. The van der Waals surface area contributed by atoms with Crippen molar-refractivity contribution in [2.45, 2.75) is 12.5 Å². The number of rotatable bonds is 8. The van der Waals surface area contributed by atoms with Gasteiger partial charge >= 0.3 is 0 Å². The van der Waals surface area contributed by atoms with Gasteiger partial charge in [-0.25, -0.2) is 0 Å². The number of phenolic OH excluding ortho intramolecular Hbond substituents is 1. The Morgan fingerprint density at radius 1 is 0.892 bits per heavy atom. The van der Waals surface area contributed by atoms with Crippen LogP contribution in [0.15, 0.2) is 66.2 Å². The van der Waals surface area contributed by atoms with Gasteiger partial charge in [-0.15, -0.1) is 0 Å². The summed E-state index contributed by atoms with van der Waals surface area (Å²) in [7, 11) is 4.55. The Kier molecular flexibility index (Phi) is 7.59. The summed E-state index contributed by atoms with van der Waals surface area (Å²) in [6.45, 7) is 0.186. The molecule has 0 spiro atoms. The number of ketones is 1. The second-order valence-electron chi connectivity index (χ2n) is 8.37. The summed E-state index contributed by atoms with van der Waals surface area (Å²) in [6.07, 6.45) is 0.413. The summed E-state index contributed by atoms with van der Waals surface area (Å²) in [5.74, 6) is -0.330. The Hall–Kier alpha value is -4.17. The molecule has 0 aromatic heterocycles.